The molecule has 4 heteroatoms. The molecule has 4 nitrogen and oxygen atoms in total. The Balaban J connectivity index is 2.59. The lowest BCUT2D eigenvalue weighted by Crippen LogP contribution is -2.49. The first kappa shape index (κ1) is 13.5. The maximum atomic E-state index is 11.8. The highest BCUT2D eigenvalue weighted by Crippen LogP contribution is 2.24. The first-order valence-corrected chi connectivity index (χ1v) is 6.04. The number of nitriles is 1. The van der Waals surface area contributed by atoms with Crippen LogP contribution in [-0.4, -0.2) is 36.0 Å². The smallest absolute Gasteiger partial charge is 0.237 e. The van der Waals surface area contributed by atoms with E-state index in [2.05, 4.69) is 17.3 Å². The maximum absolute atomic E-state index is 11.8. The van der Waals surface area contributed by atoms with Crippen LogP contribution in [0.2, 0.25) is 0 Å². The van der Waals surface area contributed by atoms with E-state index in [1.807, 2.05) is 11.8 Å². The van der Waals surface area contributed by atoms with Crippen LogP contribution in [0.15, 0.2) is 0 Å². The lowest BCUT2D eigenvalue weighted by molar-refractivity contribution is -0.126. The van der Waals surface area contributed by atoms with Gasteiger partial charge in [-0.05, 0) is 19.8 Å². The van der Waals surface area contributed by atoms with Gasteiger partial charge in [0.2, 0.25) is 5.91 Å². The molecule has 0 heterocycles. The van der Waals surface area contributed by atoms with Gasteiger partial charge in [0.05, 0.1) is 25.2 Å². The van der Waals surface area contributed by atoms with Gasteiger partial charge < -0.3 is 5.32 Å². The fourth-order valence-corrected chi connectivity index (χ4v) is 2.34. The van der Waals surface area contributed by atoms with Gasteiger partial charge in [0.15, 0.2) is 0 Å². The molecule has 1 saturated carbocycles. The van der Waals surface area contributed by atoms with E-state index in [-0.39, 0.29) is 18.5 Å². The first-order chi connectivity index (χ1) is 8.20. The predicted molar refractivity (Wildman–Crippen MR) is 65.9 cm³/mol. The summed E-state index contributed by atoms with van der Waals surface area (Å²) in [6.45, 7) is 2.38. The zero-order chi connectivity index (χ0) is 12.7. The average molecular weight is 233 g/mol. The number of nitrogens with one attached hydrogen (secondary N) is 1. The molecule has 1 fully saturated rings. The van der Waals surface area contributed by atoms with E-state index in [1.54, 1.807) is 0 Å². The predicted octanol–water partition coefficient (Wildman–Crippen LogP) is 0.892. The second-order valence-electron chi connectivity index (χ2n) is 4.37. The minimum Gasteiger partial charge on any atom is -0.344 e. The van der Waals surface area contributed by atoms with Crippen molar-refractivity contribution in [3.05, 3.63) is 0 Å². The summed E-state index contributed by atoms with van der Waals surface area (Å²) in [5.41, 5.74) is 0. The summed E-state index contributed by atoms with van der Waals surface area (Å²) in [5, 5.41) is 11.5. The van der Waals surface area contributed by atoms with Gasteiger partial charge in [0, 0.05) is 6.04 Å². The van der Waals surface area contributed by atoms with Crippen LogP contribution < -0.4 is 5.32 Å². The minimum absolute atomic E-state index is 0.0925. The van der Waals surface area contributed by atoms with Crippen molar-refractivity contribution < 1.29 is 4.79 Å². The van der Waals surface area contributed by atoms with Crippen LogP contribution in [0.25, 0.3) is 0 Å². The largest absolute Gasteiger partial charge is 0.344 e. The molecule has 1 amide bonds. The van der Waals surface area contributed by atoms with Gasteiger partial charge in [0.25, 0.3) is 0 Å². The van der Waals surface area contributed by atoms with Crippen LogP contribution in [0.3, 0.4) is 0 Å². The van der Waals surface area contributed by atoms with E-state index in [9.17, 15) is 4.79 Å². The number of carbonyl (C=O) groups excluding carboxylic acids is 1. The number of rotatable bonds is 5. The van der Waals surface area contributed by atoms with E-state index in [0.29, 0.717) is 12.6 Å². The fraction of sp³-hybridized carbons (Fsp3) is 0.692. The van der Waals surface area contributed by atoms with Crippen LogP contribution in [0, 0.1) is 23.7 Å². The van der Waals surface area contributed by atoms with Crippen LogP contribution in [0.4, 0.5) is 0 Å². The van der Waals surface area contributed by atoms with Crippen LogP contribution in [-0.2, 0) is 4.79 Å². The van der Waals surface area contributed by atoms with Gasteiger partial charge in [-0.1, -0.05) is 18.8 Å². The number of amides is 1. The fourth-order valence-electron chi connectivity index (χ4n) is 2.34. The standard InChI is InChI=1S/C13H19N3O/c1-3-9-15-13(17)11(2)16(10-8-14)12-6-4-5-7-12/h1,11-12H,4-7,9-10H2,2H3,(H,15,17). The van der Waals surface area contributed by atoms with Gasteiger partial charge in [-0.15, -0.1) is 6.42 Å². The Morgan fingerprint density at radius 3 is 2.76 bits per heavy atom. The van der Waals surface area contributed by atoms with Gasteiger partial charge in [-0.3, -0.25) is 9.69 Å². The Labute approximate surface area is 103 Å². The van der Waals surface area contributed by atoms with E-state index in [4.69, 9.17) is 11.7 Å². The van der Waals surface area contributed by atoms with Crippen molar-refractivity contribution in [2.24, 2.45) is 0 Å². The Kier molecular flexibility index (Phi) is 5.52. The normalized spacial score (nSPS) is 17.4. The Morgan fingerprint density at radius 2 is 2.24 bits per heavy atom. The van der Waals surface area contributed by atoms with E-state index >= 15 is 0 Å². The molecular weight excluding hydrogens is 214 g/mol. The molecular formula is C13H19N3O. The molecule has 1 atom stereocenters. The molecule has 0 aromatic rings. The number of nitrogens with zero attached hydrogens (tertiary/aromatic N) is 2. The quantitative estimate of drug-likeness (QED) is 0.567. The number of terminal acetylenes is 1. The topological polar surface area (TPSA) is 56.1 Å². The second-order valence-corrected chi connectivity index (χ2v) is 4.37. The van der Waals surface area contributed by atoms with Crippen molar-refractivity contribution in [3.8, 4) is 18.4 Å². The van der Waals surface area contributed by atoms with Gasteiger partial charge in [-0.2, -0.15) is 5.26 Å². The van der Waals surface area contributed by atoms with E-state index in [0.717, 1.165) is 12.8 Å². The summed E-state index contributed by atoms with van der Waals surface area (Å²) in [4.78, 5) is 13.8. The van der Waals surface area contributed by atoms with E-state index < -0.39 is 0 Å². The third-order valence-corrected chi connectivity index (χ3v) is 3.29. The monoisotopic (exact) mass is 233 g/mol. The molecule has 1 N–H and O–H groups in total. The third-order valence-electron chi connectivity index (χ3n) is 3.29. The molecule has 0 radical (unpaired) electrons. The highest BCUT2D eigenvalue weighted by Gasteiger charge is 2.29. The Hall–Kier alpha value is -1.52. The van der Waals surface area contributed by atoms with Crippen molar-refractivity contribution in [2.75, 3.05) is 13.1 Å². The average Bonchev–Trinajstić information content (AvgIpc) is 2.85. The van der Waals surface area contributed by atoms with Gasteiger partial charge in [-0.25, -0.2) is 0 Å². The highest BCUT2D eigenvalue weighted by atomic mass is 16.2. The van der Waals surface area contributed by atoms with Crippen molar-refractivity contribution in [2.45, 2.75) is 44.7 Å². The van der Waals surface area contributed by atoms with Gasteiger partial charge in [0.1, 0.15) is 0 Å². The van der Waals surface area contributed by atoms with Crippen molar-refractivity contribution in [3.63, 3.8) is 0 Å². The summed E-state index contributed by atoms with van der Waals surface area (Å²) >= 11 is 0. The molecule has 1 unspecified atom stereocenters. The number of hydrogen-bond donors (Lipinski definition) is 1. The summed E-state index contributed by atoms with van der Waals surface area (Å²) in [7, 11) is 0. The molecule has 1 aliphatic carbocycles. The molecule has 0 aromatic carbocycles. The minimum atomic E-state index is -0.286. The highest BCUT2D eigenvalue weighted by molar-refractivity contribution is 5.81. The van der Waals surface area contributed by atoms with Crippen molar-refractivity contribution >= 4 is 5.91 Å². The zero-order valence-electron chi connectivity index (χ0n) is 10.3. The van der Waals surface area contributed by atoms with Gasteiger partial charge >= 0.3 is 0 Å². The molecule has 0 saturated heterocycles. The molecule has 0 bridgehead atoms. The summed E-state index contributed by atoms with van der Waals surface area (Å²) in [6.07, 6.45) is 9.63. The molecule has 1 rings (SSSR count). The lowest BCUT2D eigenvalue weighted by Gasteiger charge is -2.31. The molecule has 1 aliphatic rings. The van der Waals surface area contributed by atoms with Crippen LogP contribution in [0.5, 0.6) is 0 Å². The molecule has 0 spiro atoms. The third kappa shape index (κ3) is 3.76. The van der Waals surface area contributed by atoms with E-state index in [1.165, 1.54) is 12.8 Å². The molecule has 92 valence electrons. The van der Waals surface area contributed by atoms with Crippen LogP contribution in [0.1, 0.15) is 32.6 Å². The van der Waals surface area contributed by atoms with Crippen LogP contribution >= 0.6 is 0 Å². The molecule has 0 aromatic heterocycles. The SMILES string of the molecule is C#CCNC(=O)C(C)N(CC#N)C1CCCC1. The summed E-state index contributed by atoms with van der Waals surface area (Å²) in [5.74, 6) is 2.29. The lowest BCUT2D eigenvalue weighted by atomic mass is 10.1. The number of hydrogen-bond acceptors (Lipinski definition) is 3. The molecule has 17 heavy (non-hydrogen) atoms. The molecule has 0 aliphatic heterocycles. The Bertz CT molecular complexity index is 334. The first-order valence-electron chi connectivity index (χ1n) is 6.04. The Morgan fingerprint density at radius 1 is 1.59 bits per heavy atom. The summed E-state index contributed by atoms with van der Waals surface area (Å²) < 4.78 is 0. The number of carbonyl (C=O) groups is 1. The van der Waals surface area contributed by atoms with Crippen molar-refractivity contribution in [1.29, 1.82) is 5.26 Å². The maximum Gasteiger partial charge on any atom is 0.237 e. The summed E-state index contributed by atoms with van der Waals surface area (Å²) in [6, 6.07) is 2.22. The zero-order valence-corrected chi connectivity index (χ0v) is 10.3. The van der Waals surface area contributed by atoms with Crippen molar-refractivity contribution in [1.82, 2.24) is 10.2 Å². The second kappa shape index (κ2) is 6.93.